The number of carbonyl (C=O) groups excluding carboxylic acids is 2. The first-order chi connectivity index (χ1) is 19.0. The van der Waals surface area contributed by atoms with Crippen LogP contribution in [0.25, 0.3) is 5.76 Å². The summed E-state index contributed by atoms with van der Waals surface area (Å²) in [7, 11) is 0. The monoisotopic (exact) mass is 633 g/mol. The summed E-state index contributed by atoms with van der Waals surface area (Å²) in [4.78, 5) is 28.3. The van der Waals surface area contributed by atoms with Crippen molar-refractivity contribution < 1.29 is 14.7 Å². The molecule has 9 heteroatoms. The Morgan fingerprint density at radius 1 is 0.975 bits per heavy atom. The van der Waals surface area contributed by atoms with Gasteiger partial charge in [-0.05, 0) is 41.2 Å². The lowest BCUT2D eigenvalue weighted by atomic mass is 9.85. The van der Waals surface area contributed by atoms with Gasteiger partial charge in [0.25, 0.3) is 5.78 Å². The Hall–Kier alpha value is -3.27. The summed E-state index contributed by atoms with van der Waals surface area (Å²) in [5, 5.41) is 20.3. The second-order valence-corrected chi connectivity index (χ2v) is 13.8. The highest BCUT2D eigenvalue weighted by molar-refractivity contribution is 9.10. The van der Waals surface area contributed by atoms with E-state index < -0.39 is 17.7 Å². The average Bonchev–Trinajstić information content (AvgIpc) is 3.50. The molecule has 1 saturated heterocycles. The maximum Gasteiger partial charge on any atom is 0.301 e. The molecule has 0 aliphatic carbocycles. The first-order valence-corrected chi connectivity index (χ1v) is 15.3. The molecule has 1 fully saturated rings. The third-order valence-corrected chi connectivity index (χ3v) is 9.39. The second kappa shape index (κ2) is 11.3. The largest absolute Gasteiger partial charge is 0.507 e. The fourth-order valence-electron chi connectivity index (χ4n) is 4.46. The van der Waals surface area contributed by atoms with Gasteiger partial charge < -0.3 is 5.11 Å². The highest BCUT2D eigenvalue weighted by atomic mass is 79.9. The number of hydrogen-bond acceptors (Lipinski definition) is 7. The lowest BCUT2D eigenvalue weighted by Crippen LogP contribution is -2.29. The van der Waals surface area contributed by atoms with Crippen LogP contribution in [-0.2, 0) is 20.8 Å². The molecule has 1 amide bonds. The molecule has 1 aromatic heterocycles. The Bertz CT molecular complexity index is 1590. The predicted molar refractivity (Wildman–Crippen MR) is 165 cm³/mol. The number of Topliss-reactive ketones (excluding diaryl/α,β-unsaturated/α-hetero) is 1. The molecule has 6 nitrogen and oxygen atoms in total. The minimum absolute atomic E-state index is 0.0277. The highest BCUT2D eigenvalue weighted by Crippen LogP contribution is 2.44. The number of aryl methyl sites for hydroxylation is 1. The van der Waals surface area contributed by atoms with Crippen molar-refractivity contribution in [3.63, 3.8) is 0 Å². The maximum absolute atomic E-state index is 13.5. The van der Waals surface area contributed by atoms with Gasteiger partial charge in [-0.2, -0.15) is 0 Å². The van der Waals surface area contributed by atoms with Crippen LogP contribution in [0.15, 0.2) is 87.2 Å². The van der Waals surface area contributed by atoms with Crippen LogP contribution >= 0.6 is 39.0 Å². The van der Waals surface area contributed by atoms with Crippen LogP contribution in [-0.4, -0.2) is 27.0 Å². The number of hydrogen-bond donors (Lipinski definition) is 1. The van der Waals surface area contributed by atoms with Crippen molar-refractivity contribution >= 4 is 61.6 Å². The van der Waals surface area contributed by atoms with Crippen LogP contribution in [0.2, 0.25) is 0 Å². The van der Waals surface area contributed by atoms with Crippen LogP contribution in [0.5, 0.6) is 0 Å². The summed E-state index contributed by atoms with van der Waals surface area (Å²) in [6.45, 7) is 8.42. The van der Waals surface area contributed by atoms with E-state index in [9.17, 15) is 14.7 Å². The molecule has 0 saturated carbocycles. The molecular weight excluding hydrogens is 606 g/mol. The van der Waals surface area contributed by atoms with E-state index in [2.05, 4.69) is 71.2 Å². The molecule has 5 rings (SSSR count). The number of benzene rings is 3. The fraction of sp³-hybridized carbons (Fsp3) is 0.226. The molecular formula is C31H28BrN3O3S2. The van der Waals surface area contributed by atoms with E-state index >= 15 is 0 Å². The van der Waals surface area contributed by atoms with Gasteiger partial charge >= 0.3 is 5.91 Å². The van der Waals surface area contributed by atoms with E-state index in [1.54, 1.807) is 24.3 Å². The van der Waals surface area contributed by atoms with Crippen molar-refractivity contribution in [3.05, 3.63) is 111 Å². The summed E-state index contributed by atoms with van der Waals surface area (Å²) in [6.07, 6.45) is 0. The number of rotatable bonds is 6. The van der Waals surface area contributed by atoms with Crippen LogP contribution in [0.1, 0.15) is 54.6 Å². The number of halogens is 1. The van der Waals surface area contributed by atoms with E-state index in [-0.39, 0.29) is 16.7 Å². The van der Waals surface area contributed by atoms with Gasteiger partial charge in [-0.1, -0.05) is 126 Å². The molecule has 1 atom stereocenters. The molecule has 4 aromatic rings. The number of thioether (sulfide) groups is 1. The smallest absolute Gasteiger partial charge is 0.301 e. The van der Waals surface area contributed by atoms with E-state index in [0.717, 1.165) is 15.6 Å². The van der Waals surface area contributed by atoms with Crippen molar-refractivity contribution in [2.45, 2.75) is 49.2 Å². The number of carbonyl (C=O) groups is 2. The predicted octanol–water partition coefficient (Wildman–Crippen LogP) is 7.83. The molecule has 0 bridgehead atoms. The van der Waals surface area contributed by atoms with E-state index in [1.807, 2.05) is 31.2 Å². The molecule has 0 radical (unpaired) electrons. The molecule has 3 aromatic carbocycles. The molecule has 1 aliphatic rings. The Morgan fingerprint density at radius 3 is 2.25 bits per heavy atom. The van der Waals surface area contributed by atoms with Gasteiger partial charge in [0.1, 0.15) is 5.76 Å². The topological polar surface area (TPSA) is 83.4 Å². The third kappa shape index (κ3) is 5.77. The van der Waals surface area contributed by atoms with Crippen molar-refractivity contribution in [3.8, 4) is 0 Å². The first kappa shape index (κ1) is 28.3. The Kier molecular flexibility index (Phi) is 7.99. The maximum atomic E-state index is 13.5. The van der Waals surface area contributed by atoms with E-state index in [0.29, 0.717) is 26.4 Å². The minimum atomic E-state index is -0.847. The molecule has 204 valence electrons. The Morgan fingerprint density at radius 2 is 1.62 bits per heavy atom. The summed E-state index contributed by atoms with van der Waals surface area (Å²) >= 11 is 6.18. The lowest BCUT2D eigenvalue weighted by Gasteiger charge is -2.24. The van der Waals surface area contributed by atoms with E-state index in [4.69, 9.17) is 0 Å². The van der Waals surface area contributed by atoms with Crippen molar-refractivity contribution in [1.29, 1.82) is 0 Å². The number of ketones is 1. The van der Waals surface area contributed by atoms with Gasteiger partial charge in [-0.15, -0.1) is 10.2 Å². The van der Waals surface area contributed by atoms with Gasteiger partial charge in [0.05, 0.1) is 11.6 Å². The zero-order chi connectivity index (χ0) is 28.6. The van der Waals surface area contributed by atoms with Gasteiger partial charge in [0.2, 0.25) is 5.13 Å². The third-order valence-electron chi connectivity index (χ3n) is 6.74. The molecule has 0 spiro atoms. The van der Waals surface area contributed by atoms with Gasteiger partial charge in [0, 0.05) is 15.8 Å². The zero-order valence-electron chi connectivity index (χ0n) is 22.5. The molecule has 40 heavy (non-hydrogen) atoms. The number of aliphatic hydroxyl groups is 1. The molecule has 1 aliphatic heterocycles. The van der Waals surface area contributed by atoms with Gasteiger partial charge in [0.15, 0.2) is 4.34 Å². The van der Waals surface area contributed by atoms with Crippen molar-refractivity contribution in [2.24, 2.45) is 0 Å². The van der Waals surface area contributed by atoms with Gasteiger partial charge in [-0.25, -0.2) is 0 Å². The average molecular weight is 635 g/mol. The summed E-state index contributed by atoms with van der Waals surface area (Å²) in [5.41, 5.74) is 4.58. The van der Waals surface area contributed by atoms with Crippen molar-refractivity contribution in [1.82, 2.24) is 10.2 Å². The minimum Gasteiger partial charge on any atom is -0.507 e. The van der Waals surface area contributed by atoms with E-state index in [1.165, 1.54) is 33.6 Å². The number of aliphatic hydroxyl groups excluding tert-OH is 1. The van der Waals surface area contributed by atoms with Crippen LogP contribution < -0.4 is 4.90 Å². The fourth-order valence-corrected chi connectivity index (χ4v) is 6.55. The summed E-state index contributed by atoms with van der Waals surface area (Å²) in [6, 6.07) is 22.2. The molecule has 2 heterocycles. The van der Waals surface area contributed by atoms with Gasteiger partial charge in [-0.3, -0.25) is 14.5 Å². The number of amides is 1. The second-order valence-electron chi connectivity index (χ2n) is 10.7. The normalized spacial score (nSPS) is 17.0. The van der Waals surface area contributed by atoms with Crippen LogP contribution in [0.3, 0.4) is 0 Å². The number of aromatic nitrogens is 2. The highest BCUT2D eigenvalue weighted by Gasteiger charge is 2.48. The quantitative estimate of drug-likeness (QED) is 0.0766. The van der Waals surface area contributed by atoms with Crippen LogP contribution in [0, 0.1) is 6.92 Å². The lowest BCUT2D eigenvalue weighted by molar-refractivity contribution is -0.132. The molecule has 1 unspecified atom stereocenters. The first-order valence-electron chi connectivity index (χ1n) is 12.7. The number of anilines is 1. The Labute approximate surface area is 250 Å². The summed E-state index contributed by atoms with van der Waals surface area (Å²) < 4.78 is 1.52. The Balaban J connectivity index is 1.54. The molecule has 1 N–H and O–H groups in total. The van der Waals surface area contributed by atoms with Crippen molar-refractivity contribution in [2.75, 3.05) is 4.90 Å². The number of nitrogens with zero attached hydrogens (tertiary/aromatic N) is 3. The summed E-state index contributed by atoms with van der Waals surface area (Å²) in [5.74, 6) is -1.02. The SMILES string of the molecule is Cc1ccc(CSc2nnc(N3C(=O)C(=O)/C(=C(\O)c4ccc(Br)cc4)C3c3ccc(C(C)(C)C)cc3)s2)cc1. The standard InChI is InChI=1S/C31H28BrN3O3S2/c1-18-5-7-19(8-6-18)17-39-30-34-33-29(40-30)35-25(20-9-13-22(14-10-20)31(2,3)4)24(27(37)28(35)38)26(36)21-11-15-23(32)16-12-21/h5-16,25,36H,17H2,1-4H3/b26-24-. The zero-order valence-corrected chi connectivity index (χ0v) is 25.7. The van der Waals surface area contributed by atoms with Crippen LogP contribution in [0.4, 0.5) is 5.13 Å².